The zero-order valence-electron chi connectivity index (χ0n) is 15.2. The summed E-state index contributed by atoms with van der Waals surface area (Å²) >= 11 is 0. The normalized spacial score (nSPS) is 14.3. The molecule has 1 aromatic heterocycles. The molecule has 1 fully saturated rings. The first kappa shape index (κ1) is 18.0. The number of hydrogen-bond donors (Lipinski definition) is 0. The summed E-state index contributed by atoms with van der Waals surface area (Å²) in [4.78, 5) is 37.3. The molecule has 2 amide bonds. The van der Waals surface area contributed by atoms with E-state index >= 15 is 0 Å². The van der Waals surface area contributed by atoms with Crippen molar-refractivity contribution in [3.63, 3.8) is 0 Å². The lowest BCUT2D eigenvalue weighted by Crippen LogP contribution is -2.51. The average molecular weight is 378 g/mol. The minimum atomic E-state index is -0.319. The molecular formula is C21H19FN4O2. The molecule has 3 aromatic rings. The van der Waals surface area contributed by atoms with Crippen LogP contribution in [0.5, 0.6) is 0 Å². The van der Waals surface area contributed by atoms with Crippen molar-refractivity contribution >= 4 is 22.8 Å². The Hall–Kier alpha value is -3.35. The second kappa shape index (κ2) is 7.72. The summed E-state index contributed by atoms with van der Waals surface area (Å²) in [5.74, 6) is -0.520. The van der Waals surface area contributed by atoms with Gasteiger partial charge in [-0.05, 0) is 29.8 Å². The molecule has 7 heteroatoms. The van der Waals surface area contributed by atoms with Crippen molar-refractivity contribution in [2.24, 2.45) is 0 Å². The van der Waals surface area contributed by atoms with Gasteiger partial charge in [0.1, 0.15) is 11.5 Å². The van der Waals surface area contributed by atoms with Crippen LogP contribution in [0.2, 0.25) is 0 Å². The van der Waals surface area contributed by atoms with Crippen molar-refractivity contribution in [3.8, 4) is 0 Å². The second-order valence-corrected chi connectivity index (χ2v) is 6.72. The number of benzene rings is 2. The van der Waals surface area contributed by atoms with E-state index in [4.69, 9.17) is 0 Å². The predicted octanol–water partition coefficient (Wildman–Crippen LogP) is 2.30. The molecule has 1 aliphatic heterocycles. The lowest BCUT2D eigenvalue weighted by molar-refractivity contribution is -0.131. The van der Waals surface area contributed by atoms with Crippen LogP contribution in [-0.2, 0) is 11.2 Å². The van der Waals surface area contributed by atoms with E-state index in [0.29, 0.717) is 37.4 Å². The number of amides is 2. The van der Waals surface area contributed by atoms with Crippen LogP contribution in [0.1, 0.15) is 16.1 Å². The van der Waals surface area contributed by atoms with Crippen molar-refractivity contribution < 1.29 is 14.0 Å². The van der Waals surface area contributed by atoms with Crippen molar-refractivity contribution in [1.29, 1.82) is 0 Å². The van der Waals surface area contributed by atoms with Gasteiger partial charge in [0.2, 0.25) is 5.91 Å². The molecule has 0 N–H and O–H groups in total. The Kier molecular flexibility index (Phi) is 4.97. The number of hydrogen-bond acceptors (Lipinski definition) is 4. The molecule has 6 nitrogen and oxygen atoms in total. The van der Waals surface area contributed by atoms with Gasteiger partial charge in [-0.25, -0.2) is 9.37 Å². The number of halogens is 1. The predicted molar refractivity (Wildman–Crippen MR) is 102 cm³/mol. The van der Waals surface area contributed by atoms with Gasteiger partial charge in [0.05, 0.1) is 23.7 Å². The van der Waals surface area contributed by atoms with E-state index < -0.39 is 0 Å². The molecule has 28 heavy (non-hydrogen) atoms. The van der Waals surface area contributed by atoms with Crippen LogP contribution in [-0.4, -0.2) is 57.8 Å². The summed E-state index contributed by atoms with van der Waals surface area (Å²) in [5.41, 5.74) is 2.51. The fourth-order valence-corrected chi connectivity index (χ4v) is 3.27. The van der Waals surface area contributed by atoms with Gasteiger partial charge in [-0.1, -0.05) is 24.3 Å². The van der Waals surface area contributed by atoms with Crippen LogP contribution in [0, 0.1) is 5.82 Å². The number of aromatic nitrogens is 2. The molecule has 1 aliphatic rings. The van der Waals surface area contributed by atoms with Gasteiger partial charge >= 0.3 is 0 Å². The summed E-state index contributed by atoms with van der Waals surface area (Å²) in [5, 5.41) is 0. The maximum atomic E-state index is 13.0. The number of carbonyl (C=O) groups excluding carboxylic acids is 2. The third-order valence-corrected chi connectivity index (χ3v) is 4.86. The Balaban J connectivity index is 1.36. The lowest BCUT2D eigenvalue weighted by Gasteiger charge is -2.34. The molecule has 0 aliphatic carbocycles. The Morgan fingerprint density at radius 3 is 2.25 bits per heavy atom. The van der Waals surface area contributed by atoms with Gasteiger partial charge in [-0.3, -0.25) is 14.6 Å². The number of nitrogens with zero attached hydrogens (tertiary/aromatic N) is 4. The molecule has 0 bridgehead atoms. The first-order valence-electron chi connectivity index (χ1n) is 9.13. The minimum Gasteiger partial charge on any atom is -0.339 e. The first-order chi connectivity index (χ1) is 13.6. The molecule has 4 rings (SSSR count). The standard InChI is InChI=1S/C21H19FN4O2/c22-16-7-5-15(6-8-16)13-20(27)25-9-11-26(12-10-25)21(28)19-14-23-17-3-1-2-4-18(17)24-19/h1-8,14H,9-13H2. The van der Waals surface area contributed by atoms with Crippen molar-refractivity contribution in [2.75, 3.05) is 26.2 Å². The molecular weight excluding hydrogens is 359 g/mol. The van der Waals surface area contributed by atoms with E-state index in [2.05, 4.69) is 9.97 Å². The molecule has 0 unspecified atom stereocenters. The monoisotopic (exact) mass is 378 g/mol. The zero-order valence-corrected chi connectivity index (χ0v) is 15.2. The van der Waals surface area contributed by atoms with E-state index in [9.17, 15) is 14.0 Å². The number of rotatable bonds is 3. The fourth-order valence-electron chi connectivity index (χ4n) is 3.27. The van der Waals surface area contributed by atoms with Crippen LogP contribution < -0.4 is 0 Å². The summed E-state index contributed by atoms with van der Waals surface area (Å²) in [6, 6.07) is 13.3. The topological polar surface area (TPSA) is 66.4 Å². The van der Waals surface area contributed by atoms with E-state index in [-0.39, 0.29) is 24.1 Å². The number of fused-ring (bicyclic) bond motifs is 1. The number of carbonyl (C=O) groups is 2. The van der Waals surface area contributed by atoms with Gasteiger partial charge in [0.15, 0.2) is 0 Å². The van der Waals surface area contributed by atoms with Gasteiger partial charge in [-0.2, -0.15) is 0 Å². The Bertz CT molecular complexity index is 1010. The molecule has 0 saturated carbocycles. The average Bonchev–Trinajstić information content (AvgIpc) is 2.74. The highest BCUT2D eigenvalue weighted by Gasteiger charge is 2.25. The highest BCUT2D eigenvalue weighted by Crippen LogP contribution is 2.13. The largest absolute Gasteiger partial charge is 0.339 e. The molecule has 142 valence electrons. The summed E-state index contributed by atoms with van der Waals surface area (Å²) in [6.45, 7) is 1.82. The van der Waals surface area contributed by atoms with Crippen LogP contribution in [0.15, 0.2) is 54.7 Å². The van der Waals surface area contributed by atoms with Crippen molar-refractivity contribution in [3.05, 3.63) is 71.8 Å². The van der Waals surface area contributed by atoms with Crippen LogP contribution >= 0.6 is 0 Å². The van der Waals surface area contributed by atoms with Crippen LogP contribution in [0.4, 0.5) is 4.39 Å². The SMILES string of the molecule is O=C(Cc1ccc(F)cc1)N1CCN(C(=O)c2cnc3ccccc3n2)CC1. The summed E-state index contributed by atoms with van der Waals surface area (Å²) < 4.78 is 13.0. The molecule has 0 atom stereocenters. The Morgan fingerprint density at radius 2 is 1.54 bits per heavy atom. The Morgan fingerprint density at radius 1 is 0.893 bits per heavy atom. The van der Waals surface area contributed by atoms with E-state index in [1.54, 1.807) is 21.9 Å². The van der Waals surface area contributed by atoms with Gasteiger partial charge < -0.3 is 9.80 Å². The third-order valence-electron chi connectivity index (χ3n) is 4.86. The third kappa shape index (κ3) is 3.83. The zero-order chi connectivity index (χ0) is 19.5. The number of para-hydroxylation sites is 2. The fraction of sp³-hybridized carbons (Fsp3) is 0.238. The maximum Gasteiger partial charge on any atom is 0.274 e. The molecule has 2 aromatic carbocycles. The first-order valence-corrected chi connectivity index (χ1v) is 9.13. The second-order valence-electron chi connectivity index (χ2n) is 6.72. The summed E-state index contributed by atoms with van der Waals surface area (Å²) in [7, 11) is 0. The molecule has 0 spiro atoms. The van der Waals surface area contributed by atoms with Crippen molar-refractivity contribution in [2.45, 2.75) is 6.42 Å². The van der Waals surface area contributed by atoms with Crippen LogP contribution in [0.25, 0.3) is 11.0 Å². The maximum absolute atomic E-state index is 13.0. The smallest absolute Gasteiger partial charge is 0.274 e. The quantitative estimate of drug-likeness (QED) is 0.701. The summed E-state index contributed by atoms with van der Waals surface area (Å²) in [6.07, 6.45) is 1.72. The Labute approximate surface area is 161 Å². The minimum absolute atomic E-state index is 0.0239. The molecule has 2 heterocycles. The molecule has 0 radical (unpaired) electrons. The van der Waals surface area contributed by atoms with Gasteiger partial charge in [-0.15, -0.1) is 0 Å². The van der Waals surface area contributed by atoms with Crippen molar-refractivity contribution in [1.82, 2.24) is 19.8 Å². The van der Waals surface area contributed by atoms with Crippen LogP contribution in [0.3, 0.4) is 0 Å². The van der Waals surface area contributed by atoms with E-state index in [1.807, 2.05) is 24.3 Å². The molecule has 1 saturated heterocycles. The number of piperazine rings is 1. The van der Waals surface area contributed by atoms with E-state index in [1.165, 1.54) is 18.3 Å². The van der Waals surface area contributed by atoms with E-state index in [0.717, 1.165) is 11.1 Å². The van der Waals surface area contributed by atoms with Gasteiger partial charge in [0.25, 0.3) is 5.91 Å². The highest BCUT2D eigenvalue weighted by atomic mass is 19.1. The lowest BCUT2D eigenvalue weighted by atomic mass is 10.1. The highest BCUT2D eigenvalue weighted by molar-refractivity contribution is 5.94. The van der Waals surface area contributed by atoms with Gasteiger partial charge in [0, 0.05) is 26.2 Å².